The van der Waals surface area contributed by atoms with Gasteiger partial charge in [-0.15, -0.1) is 0 Å². The first-order valence-corrected chi connectivity index (χ1v) is 4.60. The Bertz CT molecular complexity index is 722. The zero-order chi connectivity index (χ0) is 9.12. The second-order valence-corrected chi connectivity index (χ2v) is 3.52. The molecule has 4 rings (SSSR count). The third-order valence-corrected chi connectivity index (χ3v) is 2.81. The highest BCUT2D eigenvalue weighted by Crippen LogP contribution is 2.28. The number of aromatic nitrogens is 3. The van der Waals surface area contributed by atoms with Crippen LogP contribution in [-0.4, -0.2) is 14.4 Å². The Labute approximate surface area is 79.3 Å². The quantitative estimate of drug-likeness (QED) is 0.444. The molecule has 3 nitrogen and oxygen atoms in total. The number of nitrogens with one attached hydrogen (secondary N) is 1. The molecule has 4 heterocycles. The van der Waals surface area contributed by atoms with Crippen molar-refractivity contribution in [3.8, 4) is 0 Å². The van der Waals surface area contributed by atoms with Gasteiger partial charge in [0.05, 0.1) is 22.9 Å². The van der Waals surface area contributed by atoms with Gasteiger partial charge in [0.25, 0.3) is 0 Å². The largest absolute Gasteiger partial charge is 0.343 e. The topological polar surface area (TPSA) is 33.1 Å². The highest BCUT2D eigenvalue weighted by Gasteiger charge is 2.11. The lowest BCUT2D eigenvalue weighted by Gasteiger charge is -1.93. The third kappa shape index (κ3) is 0.528. The van der Waals surface area contributed by atoms with Crippen molar-refractivity contribution in [2.45, 2.75) is 0 Å². The van der Waals surface area contributed by atoms with E-state index in [4.69, 9.17) is 0 Å². The molecule has 4 aromatic heterocycles. The third-order valence-electron chi connectivity index (χ3n) is 2.81. The van der Waals surface area contributed by atoms with Gasteiger partial charge < -0.3 is 9.38 Å². The van der Waals surface area contributed by atoms with Crippen molar-refractivity contribution in [3.63, 3.8) is 0 Å². The minimum atomic E-state index is 1.06. The second-order valence-electron chi connectivity index (χ2n) is 3.52. The summed E-state index contributed by atoms with van der Waals surface area (Å²) < 4.78 is 2.23. The number of rotatable bonds is 0. The van der Waals surface area contributed by atoms with Crippen LogP contribution in [0.5, 0.6) is 0 Å². The summed E-state index contributed by atoms with van der Waals surface area (Å²) in [6, 6.07) is 10.5. The first kappa shape index (κ1) is 6.43. The fraction of sp³-hybridized carbons (Fsp3) is 0. The Morgan fingerprint density at radius 3 is 3.07 bits per heavy atom. The number of pyridine rings is 1. The first-order chi connectivity index (χ1) is 6.95. The number of hydrogen-bond donors (Lipinski definition) is 1. The molecule has 0 aliphatic carbocycles. The van der Waals surface area contributed by atoms with Crippen molar-refractivity contribution in [1.82, 2.24) is 14.4 Å². The lowest BCUT2D eigenvalue weighted by Crippen LogP contribution is -1.80. The molecule has 0 spiro atoms. The van der Waals surface area contributed by atoms with Gasteiger partial charge in [-0.25, -0.2) is 4.98 Å². The van der Waals surface area contributed by atoms with Crippen molar-refractivity contribution in [3.05, 3.63) is 36.7 Å². The molecule has 0 unspecified atom stereocenters. The number of nitrogens with zero attached hydrogens (tertiary/aromatic N) is 2. The normalized spacial score (nSPS) is 12.3. The molecule has 66 valence electrons. The van der Waals surface area contributed by atoms with Crippen LogP contribution in [-0.2, 0) is 0 Å². The zero-order valence-corrected chi connectivity index (χ0v) is 7.36. The van der Waals surface area contributed by atoms with Gasteiger partial charge in [0, 0.05) is 5.52 Å². The summed E-state index contributed by atoms with van der Waals surface area (Å²) in [6.45, 7) is 0. The summed E-state index contributed by atoms with van der Waals surface area (Å²) in [5, 5.41) is 0. The predicted molar refractivity (Wildman–Crippen MR) is 55.7 cm³/mol. The lowest BCUT2D eigenvalue weighted by molar-refractivity contribution is 1.30. The Morgan fingerprint density at radius 2 is 2.07 bits per heavy atom. The van der Waals surface area contributed by atoms with E-state index in [0.29, 0.717) is 0 Å². The monoisotopic (exact) mass is 181 g/mol. The molecule has 0 saturated heterocycles. The van der Waals surface area contributed by atoms with Gasteiger partial charge in [0.15, 0.2) is 0 Å². The molecule has 4 aromatic rings. The molecule has 0 radical (unpaired) electrons. The van der Waals surface area contributed by atoms with E-state index in [1.807, 2.05) is 0 Å². The van der Waals surface area contributed by atoms with E-state index in [9.17, 15) is 0 Å². The SMILES string of the molecule is c1cc2ccc3c4[nH]cnc4c(c1)n23. The van der Waals surface area contributed by atoms with Gasteiger partial charge in [-0.1, -0.05) is 6.07 Å². The van der Waals surface area contributed by atoms with E-state index >= 15 is 0 Å². The van der Waals surface area contributed by atoms with Crippen LogP contribution in [0.3, 0.4) is 0 Å². The molecular formula is C11H7N3. The maximum Gasteiger partial charge on any atom is 0.114 e. The number of H-pyrrole nitrogens is 1. The van der Waals surface area contributed by atoms with Crippen LogP contribution in [0.1, 0.15) is 0 Å². The molecule has 0 aliphatic heterocycles. The maximum atomic E-state index is 4.33. The van der Waals surface area contributed by atoms with Crippen LogP contribution >= 0.6 is 0 Å². The average Bonchev–Trinajstić information content (AvgIpc) is 2.87. The molecule has 14 heavy (non-hydrogen) atoms. The van der Waals surface area contributed by atoms with Crippen LogP contribution < -0.4 is 0 Å². The molecule has 0 fully saturated rings. The van der Waals surface area contributed by atoms with Gasteiger partial charge in [0.2, 0.25) is 0 Å². The van der Waals surface area contributed by atoms with Gasteiger partial charge in [-0.3, -0.25) is 0 Å². The van der Waals surface area contributed by atoms with Crippen LogP contribution in [0.4, 0.5) is 0 Å². The Morgan fingerprint density at radius 1 is 1.07 bits per heavy atom. The highest BCUT2D eigenvalue weighted by molar-refractivity contribution is 6.05. The van der Waals surface area contributed by atoms with E-state index in [2.05, 4.69) is 44.7 Å². The summed E-state index contributed by atoms with van der Waals surface area (Å²) in [5.41, 5.74) is 5.81. The second kappa shape index (κ2) is 1.90. The van der Waals surface area contributed by atoms with Gasteiger partial charge >= 0.3 is 0 Å². The van der Waals surface area contributed by atoms with E-state index in [1.54, 1.807) is 6.33 Å². The van der Waals surface area contributed by atoms with Crippen LogP contribution in [0.25, 0.3) is 27.6 Å². The van der Waals surface area contributed by atoms with E-state index in [1.165, 1.54) is 16.6 Å². The summed E-state index contributed by atoms with van der Waals surface area (Å²) in [5.74, 6) is 0. The van der Waals surface area contributed by atoms with Crippen LogP contribution in [0.15, 0.2) is 36.7 Å². The van der Waals surface area contributed by atoms with E-state index in [0.717, 1.165) is 11.0 Å². The van der Waals surface area contributed by atoms with Crippen LogP contribution in [0.2, 0.25) is 0 Å². The summed E-state index contributed by atoms with van der Waals surface area (Å²) >= 11 is 0. The van der Waals surface area contributed by atoms with Crippen LogP contribution in [0, 0.1) is 0 Å². The summed E-state index contributed by atoms with van der Waals surface area (Å²) in [7, 11) is 0. The lowest BCUT2D eigenvalue weighted by atomic mass is 10.3. The predicted octanol–water partition coefficient (Wildman–Crippen LogP) is 2.41. The molecule has 0 saturated carbocycles. The zero-order valence-electron chi connectivity index (χ0n) is 7.36. The van der Waals surface area contributed by atoms with Gasteiger partial charge in [-0.2, -0.15) is 0 Å². The van der Waals surface area contributed by atoms with E-state index < -0.39 is 0 Å². The molecule has 0 aliphatic rings. The number of fused-ring (bicyclic) bond motifs is 3. The fourth-order valence-corrected chi connectivity index (χ4v) is 2.23. The Balaban J connectivity index is 2.58. The van der Waals surface area contributed by atoms with Crippen molar-refractivity contribution in [2.24, 2.45) is 0 Å². The number of aromatic amines is 1. The summed E-state index contributed by atoms with van der Waals surface area (Å²) in [4.78, 5) is 7.51. The molecule has 1 N–H and O–H groups in total. The summed E-state index contributed by atoms with van der Waals surface area (Å²) in [6.07, 6.45) is 1.75. The molecule has 0 amide bonds. The van der Waals surface area contributed by atoms with Crippen molar-refractivity contribution < 1.29 is 0 Å². The van der Waals surface area contributed by atoms with Crippen molar-refractivity contribution in [1.29, 1.82) is 0 Å². The molecule has 0 atom stereocenters. The first-order valence-electron chi connectivity index (χ1n) is 4.60. The standard InChI is InChI=1S/C11H7N3/c1-2-7-4-5-9-11-10(12-6-13-11)8(3-1)14(7)9/h1-6H,(H,12,13). The van der Waals surface area contributed by atoms with Crippen molar-refractivity contribution >= 4 is 27.6 Å². The molecular weight excluding hydrogens is 174 g/mol. The van der Waals surface area contributed by atoms with Crippen molar-refractivity contribution in [2.75, 3.05) is 0 Å². The number of imidazole rings is 1. The highest BCUT2D eigenvalue weighted by atomic mass is 15.0. The molecule has 0 aromatic carbocycles. The molecule has 3 heteroatoms. The number of hydrogen-bond acceptors (Lipinski definition) is 1. The average molecular weight is 181 g/mol. The Hall–Kier alpha value is -2.03. The van der Waals surface area contributed by atoms with E-state index in [-0.39, 0.29) is 0 Å². The minimum absolute atomic E-state index is 1.06. The van der Waals surface area contributed by atoms with Gasteiger partial charge in [-0.05, 0) is 24.3 Å². The minimum Gasteiger partial charge on any atom is -0.343 e. The van der Waals surface area contributed by atoms with Gasteiger partial charge in [0.1, 0.15) is 5.52 Å². The fourth-order valence-electron chi connectivity index (χ4n) is 2.23. The Kier molecular flexibility index (Phi) is 0.871. The maximum absolute atomic E-state index is 4.33. The molecule has 0 bridgehead atoms. The smallest absolute Gasteiger partial charge is 0.114 e.